The number of allylic oxidation sites excluding steroid dienone is 1. The van der Waals surface area contributed by atoms with Gasteiger partial charge in [-0.15, -0.1) is 11.3 Å². The maximum atomic E-state index is 12.7. The molecule has 0 fully saturated rings. The molecule has 2 aromatic rings. The van der Waals surface area contributed by atoms with Gasteiger partial charge < -0.3 is 9.47 Å². The number of carbonyl (C=O) groups is 2. The summed E-state index contributed by atoms with van der Waals surface area (Å²) in [6.07, 6.45) is 3.09. The van der Waals surface area contributed by atoms with Gasteiger partial charge in [0.1, 0.15) is 11.5 Å². The van der Waals surface area contributed by atoms with Gasteiger partial charge >= 0.3 is 0 Å². The van der Waals surface area contributed by atoms with E-state index in [0.717, 1.165) is 0 Å². The fourth-order valence-corrected chi connectivity index (χ4v) is 3.36. The Bertz CT molecular complexity index is 829. The molecule has 0 aliphatic carbocycles. The van der Waals surface area contributed by atoms with E-state index in [4.69, 9.17) is 9.47 Å². The molecule has 144 valence electrons. The van der Waals surface area contributed by atoms with E-state index in [2.05, 4.69) is 4.98 Å². The standard InChI is InChI=1S/C20H24N2O4S/c1-5-22(14(4)23)20-21-15(13-27-20)8-10-18(24)17-12-16(25-6-2)9-11-19(17)26-7-3/h8-13H,5-7H2,1-4H3/b10-8+. The topological polar surface area (TPSA) is 68.7 Å². The zero-order chi connectivity index (χ0) is 19.8. The Hall–Kier alpha value is -2.67. The number of hydrogen-bond donors (Lipinski definition) is 0. The highest BCUT2D eigenvalue weighted by atomic mass is 32.1. The Kier molecular flexibility index (Phi) is 7.55. The molecule has 1 heterocycles. The van der Waals surface area contributed by atoms with Gasteiger partial charge in [0.25, 0.3) is 0 Å². The predicted molar refractivity (Wildman–Crippen MR) is 108 cm³/mol. The fourth-order valence-electron chi connectivity index (χ4n) is 2.46. The monoisotopic (exact) mass is 388 g/mol. The van der Waals surface area contributed by atoms with Crippen LogP contribution < -0.4 is 14.4 Å². The highest BCUT2D eigenvalue weighted by Gasteiger charge is 2.14. The van der Waals surface area contributed by atoms with Crippen molar-refractivity contribution < 1.29 is 19.1 Å². The Labute approximate surface area is 163 Å². The molecule has 0 radical (unpaired) electrons. The van der Waals surface area contributed by atoms with Crippen LogP contribution in [0.3, 0.4) is 0 Å². The molecule has 0 aliphatic rings. The number of hydrogen-bond acceptors (Lipinski definition) is 6. The minimum Gasteiger partial charge on any atom is -0.494 e. The van der Waals surface area contributed by atoms with Crippen molar-refractivity contribution in [2.45, 2.75) is 27.7 Å². The second-order valence-electron chi connectivity index (χ2n) is 5.54. The highest BCUT2D eigenvalue weighted by Crippen LogP contribution is 2.26. The summed E-state index contributed by atoms with van der Waals surface area (Å²) >= 11 is 1.37. The smallest absolute Gasteiger partial charge is 0.225 e. The van der Waals surface area contributed by atoms with E-state index in [1.165, 1.54) is 24.3 Å². The van der Waals surface area contributed by atoms with E-state index < -0.39 is 0 Å². The minimum atomic E-state index is -0.200. The van der Waals surface area contributed by atoms with Crippen molar-refractivity contribution in [1.29, 1.82) is 0 Å². The Morgan fingerprint density at radius 3 is 2.56 bits per heavy atom. The highest BCUT2D eigenvalue weighted by molar-refractivity contribution is 7.14. The van der Waals surface area contributed by atoms with Crippen LogP contribution in [0.15, 0.2) is 29.7 Å². The summed E-state index contributed by atoms with van der Waals surface area (Å²) in [6.45, 7) is 8.68. The zero-order valence-electron chi connectivity index (χ0n) is 16.0. The second-order valence-corrected chi connectivity index (χ2v) is 6.38. The molecule has 2 rings (SSSR count). The fraction of sp³-hybridized carbons (Fsp3) is 0.350. The Morgan fingerprint density at radius 2 is 1.93 bits per heavy atom. The molecule has 0 saturated carbocycles. The van der Waals surface area contributed by atoms with Gasteiger partial charge in [0.2, 0.25) is 5.91 Å². The summed E-state index contributed by atoms with van der Waals surface area (Å²) in [5, 5.41) is 2.43. The molecule has 0 unspecified atom stereocenters. The maximum absolute atomic E-state index is 12.7. The van der Waals surface area contributed by atoms with E-state index in [1.54, 1.807) is 29.2 Å². The average molecular weight is 388 g/mol. The molecule has 6 nitrogen and oxygen atoms in total. The van der Waals surface area contributed by atoms with E-state index in [1.807, 2.05) is 26.2 Å². The van der Waals surface area contributed by atoms with Gasteiger partial charge in [-0.1, -0.05) is 0 Å². The largest absolute Gasteiger partial charge is 0.494 e. The van der Waals surface area contributed by atoms with Crippen LogP contribution in [0.2, 0.25) is 0 Å². The molecule has 0 aliphatic heterocycles. The summed E-state index contributed by atoms with van der Waals surface area (Å²) in [5.41, 5.74) is 1.07. The Balaban J connectivity index is 2.22. The maximum Gasteiger partial charge on any atom is 0.225 e. The van der Waals surface area contributed by atoms with Gasteiger partial charge in [-0.3, -0.25) is 14.5 Å². The van der Waals surface area contributed by atoms with Crippen LogP contribution in [0.25, 0.3) is 6.08 Å². The number of anilines is 1. The molecule has 0 bridgehead atoms. The molecule has 1 aromatic carbocycles. The SMILES string of the molecule is CCOc1ccc(OCC)c(C(=O)/C=C/c2csc(N(CC)C(C)=O)n2)c1. The van der Waals surface area contributed by atoms with E-state index in [-0.39, 0.29) is 11.7 Å². The van der Waals surface area contributed by atoms with Crippen LogP contribution in [-0.4, -0.2) is 36.4 Å². The van der Waals surface area contributed by atoms with Gasteiger partial charge in [-0.2, -0.15) is 0 Å². The molecule has 0 spiro atoms. The molecular formula is C20H24N2O4S. The first-order chi connectivity index (χ1) is 13.0. The molecule has 0 N–H and O–H groups in total. The summed E-state index contributed by atoms with van der Waals surface area (Å²) in [4.78, 5) is 30.3. The first-order valence-electron chi connectivity index (χ1n) is 8.85. The summed E-state index contributed by atoms with van der Waals surface area (Å²) in [6, 6.07) is 5.20. The lowest BCUT2D eigenvalue weighted by Crippen LogP contribution is -2.27. The van der Waals surface area contributed by atoms with Crippen LogP contribution in [0, 0.1) is 0 Å². The Morgan fingerprint density at radius 1 is 1.19 bits per heavy atom. The summed E-state index contributed by atoms with van der Waals surface area (Å²) in [5.74, 6) is 0.873. The zero-order valence-corrected chi connectivity index (χ0v) is 16.8. The third-order valence-electron chi connectivity index (χ3n) is 3.67. The number of aromatic nitrogens is 1. The third kappa shape index (κ3) is 5.40. The van der Waals surface area contributed by atoms with Gasteiger partial charge in [0, 0.05) is 18.8 Å². The lowest BCUT2D eigenvalue weighted by atomic mass is 10.1. The minimum absolute atomic E-state index is 0.0625. The first-order valence-corrected chi connectivity index (χ1v) is 9.73. The lowest BCUT2D eigenvalue weighted by molar-refractivity contribution is -0.116. The van der Waals surface area contributed by atoms with Crippen LogP contribution in [-0.2, 0) is 4.79 Å². The second kappa shape index (κ2) is 9.87. The van der Waals surface area contributed by atoms with Crippen molar-refractivity contribution in [3.63, 3.8) is 0 Å². The molecule has 1 aromatic heterocycles. The van der Waals surface area contributed by atoms with E-state index in [0.29, 0.717) is 47.6 Å². The molecule has 1 amide bonds. The van der Waals surface area contributed by atoms with Gasteiger partial charge in [0.05, 0.1) is 24.5 Å². The molecule has 27 heavy (non-hydrogen) atoms. The van der Waals surface area contributed by atoms with Crippen molar-refractivity contribution in [1.82, 2.24) is 4.98 Å². The lowest BCUT2D eigenvalue weighted by Gasteiger charge is -2.14. The molecular weight excluding hydrogens is 364 g/mol. The van der Waals surface area contributed by atoms with Crippen LogP contribution in [0.1, 0.15) is 43.7 Å². The van der Waals surface area contributed by atoms with Crippen molar-refractivity contribution in [3.05, 3.63) is 40.9 Å². The van der Waals surface area contributed by atoms with Gasteiger partial charge in [-0.05, 0) is 51.1 Å². The van der Waals surface area contributed by atoms with Crippen LogP contribution >= 0.6 is 11.3 Å². The number of nitrogens with zero attached hydrogens (tertiary/aromatic N) is 2. The summed E-state index contributed by atoms with van der Waals surface area (Å²) < 4.78 is 11.0. The number of ether oxygens (including phenoxy) is 2. The number of carbonyl (C=O) groups excluding carboxylic acids is 2. The van der Waals surface area contributed by atoms with E-state index in [9.17, 15) is 9.59 Å². The average Bonchev–Trinajstić information content (AvgIpc) is 3.10. The number of benzene rings is 1. The van der Waals surface area contributed by atoms with Crippen LogP contribution in [0.4, 0.5) is 5.13 Å². The van der Waals surface area contributed by atoms with Crippen LogP contribution in [0.5, 0.6) is 11.5 Å². The molecule has 0 atom stereocenters. The number of thiazole rings is 1. The first kappa shape index (κ1) is 20.6. The number of ketones is 1. The predicted octanol–water partition coefficient (Wildman–Crippen LogP) is 4.21. The van der Waals surface area contributed by atoms with E-state index >= 15 is 0 Å². The molecule has 0 saturated heterocycles. The summed E-state index contributed by atoms with van der Waals surface area (Å²) in [7, 11) is 0. The number of rotatable bonds is 9. The van der Waals surface area contributed by atoms with Crippen molar-refractivity contribution in [2.75, 3.05) is 24.7 Å². The number of amides is 1. The quantitative estimate of drug-likeness (QED) is 0.475. The molecule has 7 heteroatoms. The van der Waals surface area contributed by atoms with Gasteiger partial charge in [-0.25, -0.2) is 4.98 Å². The van der Waals surface area contributed by atoms with Gasteiger partial charge in [0.15, 0.2) is 10.9 Å². The van der Waals surface area contributed by atoms with Crippen molar-refractivity contribution >= 4 is 34.2 Å². The van der Waals surface area contributed by atoms with Crippen molar-refractivity contribution in [2.24, 2.45) is 0 Å². The van der Waals surface area contributed by atoms with Crippen molar-refractivity contribution in [3.8, 4) is 11.5 Å². The normalized spacial score (nSPS) is 10.8. The third-order valence-corrected chi connectivity index (χ3v) is 4.55.